The number of morpholine rings is 1. The lowest BCUT2D eigenvalue weighted by atomic mass is 10.0. The molecular formula is C44H42F5N11O9. The van der Waals surface area contributed by atoms with Gasteiger partial charge in [-0.1, -0.05) is 6.07 Å². The Morgan fingerprint density at radius 3 is 2.55 bits per heavy atom. The molecule has 3 aliphatic rings. The molecule has 2 atom stereocenters. The van der Waals surface area contributed by atoms with Crippen molar-refractivity contribution in [2.75, 3.05) is 75.0 Å². The van der Waals surface area contributed by atoms with Crippen molar-refractivity contribution < 1.29 is 64.6 Å². The quantitative estimate of drug-likeness (QED) is 0.0473. The lowest BCUT2D eigenvalue weighted by molar-refractivity contribution is -0.136. The number of hydrogen-bond donors (Lipinski definition) is 5. The third-order valence-electron chi connectivity index (χ3n) is 11.1. The Hall–Kier alpha value is -7.64. The number of rotatable bonds is 18. The Balaban J connectivity index is 0.771. The average molecular weight is 964 g/mol. The Morgan fingerprint density at radius 2 is 1.78 bits per heavy atom. The van der Waals surface area contributed by atoms with E-state index in [1.54, 1.807) is 12.1 Å². The van der Waals surface area contributed by atoms with Gasteiger partial charge in [-0.05, 0) is 55.0 Å². The van der Waals surface area contributed by atoms with Crippen molar-refractivity contribution in [3.05, 3.63) is 101 Å². The highest BCUT2D eigenvalue weighted by molar-refractivity contribution is 6.25. The summed E-state index contributed by atoms with van der Waals surface area (Å²) >= 11 is 0. The van der Waals surface area contributed by atoms with Crippen LogP contribution >= 0.6 is 0 Å². The summed E-state index contributed by atoms with van der Waals surface area (Å²) < 4.78 is 84.1. The SMILES string of the molecule is O=C1CCC(N2C(=O)c3cccc(NCCOCCN4CCO[C@@H](CNC(=O)c5ccc(-n6cc(NC(=O)c7coc(-c8ccnc(NCC(F)(F)F)c8)n7)c(C(F)F)n6)cc5)C4)c3C2=O)C(=O)N1. The number of oxazole rings is 1. The van der Waals surface area contributed by atoms with Crippen molar-refractivity contribution in [3.63, 3.8) is 0 Å². The molecule has 0 bridgehead atoms. The number of alkyl halides is 5. The summed E-state index contributed by atoms with van der Waals surface area (Å²) in [5.74, 6) is -3.94. The zero-order valence-corrected chi connectivity index (χ0v) is 36.2. The smallest absolute Gasteiger partial charge is 0.405 e. The molecule has 69 heavy (non-hydrogen) atoms. The molecule has 2 fully saturated rings. The van der Waals surface area contributed by atoms with E-state index in [4.69, 9.17) is 13.9 Å². The number of halogens is 5. The van der Waals surface area contributed by atoms with Crippen LogP contribution in [0.3, 0.4) is 0 Å². The number of carbonyl (C=O) groups is 6. The fourth-order valence-corrected chi connectivity index (χ4v) is 7.72. The number of amides is 6. The molecule has 6 heterocycles. The summed E-state index contributed by atoms with van der Waals surface area (Å²) in [6, 6.07) is 12.3. The lowest BCUT2D eigenvalue weighted by Crippen LogP contribution is -2.54. The number of pyridine rings is 1. The standard InChI is InChI=1S/C44H42F5N11O9/c45-37(46)36-30(54-39(63)31-22-69-41(55-31)25-10-11-51-33(18-25)53-23-44(47,48)49)21-59(57-36)26-6-4-24(5-7-26)38(62)52-19-27-20-58(14-17-68-27)13-16-67-15-12-50-29-3-1-2-28-35(29)43(66)60(42(28)65)32-8-9-34(61)56-40(32)64/h1-7,10-11,18,21-22,27,32,37,50H,8-9,12-17,19-20,23H2,(H,51,53)(H,52,62)(H,54,63)(H,56,61,64)/t27-,32?/m0/s1. The number of imide groups is 2. The van der Waals surface area contributed by atoms with E-state index < -0.39 is 66.3 Å². The predicted octanol–water partition coefficient (Wildman–Crippen LogP) is 4.05. The van der Waals surface area contributed by atoms with E-state index in [1.807, 2.05) is 0 Å². The van der Waals surface area contributed by atoms with Gasteiger partial charge in [-0.2, -0.15) is 18.3 Å². The van der Waals surface area contributed by atoms with Gasteiger partial charge in [-0.25, -0.2) is 23.4 Å². The van der Waals surface area contributed by atoms with Crippen molar-refractivity contribution in [1.82, 2.24) is 40.2 Å². The van der Waals surface area contributed by atoms with Gasteiger partial charge in [0.15, 0.2) is 11.4 Å². The number of nitrogens with zero attached hydrogens (tertiary/aromatic N) is 6. The van der Waals surface area contributed by atoms with E-state index in [2.05, 4.69) is 46.6 Å². The van der Waals surface area contributed by atoms with Gasteiger partial charge in [-0.3, -0.25) is 43.9 Å². The topological polar surface area (TPSA) is 244 Å². The molecule has 0 radical (unpaired) electrons. The van der Waals surface area contributed by atoms with Gasteiger partial charge in [-0.15, -0.1) is 0 Å². The molecule has 25 heteroatoms. The zero-order valence-electron chi connectivity index (χ0n) is 36.2. The van der Waals surface area contributed by atoms with Crippen LogP contribution in [0.1, 0.15) is 66.5 Å². The summed E-state index contributed by atoms with van der Waals surface area (Å²) in [6.07, 6.45) is -4.50. The zero-order chi connectivity index (χ0) is 48.8. The molecule has 2 aromatic carbocycles. The Bertz CT molecular complexity index is 2750. The van der Waals surface area contributed by atoms with Gasteiger partial charge in [0.05, 0.1) is 54.6 Å². The van der Waals surface area contributed by atoms with Crippen molar-refractivity contribution >= 4 is 52.6 Å². The van der Waals surface area contributed by atoms with Gasteiger partial charge in [0.25, 0.3) is 30.1 Å². The molecule has 5 N–H and O–H groups in total. The van der Waals surface area contributed by atoms with Crippen molar-refractivity contribution in [1.29, 1.82) is 0 Å². The van der Waals surface area contributed by atoms with E-state index in [9.17, 15) is 50.7 Å². The molecule has 20 nitrogen and oxygen atoms in total. The van der Waals surface area contributed by atoms with E-state index in [1.165, 1.54) is 48.7 Å². The molecule has 5 aromatic rings. The molecule has 6 amide bonds. The first-order chi connectivity index (χ1) is 33.1. The van der Waals surface area contributed by atoms with Crippen molar-refractivity contribution in [3.8, 4) is 17.1 Å². The highest BCUT2D eigenvalue weighted by atomic mass is 19.4. The Labute approximate surface area is 387 Å². The molecular weight excluding hydrogens is 922 g/mol. The minimum Gasteiger partial charge on any atom is -0.444 e. The first kappa shape index (κ1) is 47.8. The molecule has 0 spiro atoms. The number of piperidine rings is 1. The van der Waals surface area contributed by atoms with E-state index in [0.29, 0.717) is 50.8 Å². The molecule has 8 rings (SSSR count). The Kier molecular flexibility index (Phi) is 14.4. The molecule has 1 unspecified atom stereocenters. The van der Waals surface area contributed by atoms with E-state index in [-0.39, 0.29) is 77.4 Å². The van der Waals surface area contributed by atoms with Crippen LogP contribution in [0.4, 0.5) is 39.1 Å². The summed E-state index contributed by atoms with van der Waals surface area (Å²) in [5, 5.41) is 16.6. The second kappa shape index (κ2) is 20.7. The largest absolute Gasteiger partial charge is 0.444 e. The molecule has 0 saturated carbocycles. The number of hydrogen-bond acceptors (Lipinski definition) is 15. The van der Waals surface area contributed by atoms with Crippen molar-refractivity contribution in [2.24, 2.45) is 0 Å². The second-order valence-corrected chi connectivity index (χ2v) is 15.8. The van der Waals surface area contributed by atoms with Gasteiger partial charge in [0.2, 0.25) is 17.7 Å². The second-order valence-electron chi connectivity index (χ2n) is 15.8. The number of benzene rings is 2. The molecule has 3 aromatic heterocycles. The molecule has 0 aliphatic carbocycles. The number of aromatic nitrogens is 4. The van der Waals surface area contributed by atoms with Crippen LogP contribution in [0.25, 0.3) is 17.1 Å². The summed E-state index contributed by atoms with van der Waals surface area (Å²) in [6.45, 7) is 1.98. The van der Waals surface area contributed by atoms with Crippen LogP contribution < -0.4 is 26.6 Å². The third-order valence-corrected chi connectivity index (χ3v) is 11.1. The van der Waals surface area contributed by atoms with Gasteiger partial charge in [0, 0.05) is 62.2 Å². The maximum atomic E-state index is 14.1. The normalized spacial score (nSPS) is 17.5. The van der Waals surface area contributed by atoms with Gasteiger partial charge >= 0.3 is 6.18 Å². The number of carbonyl (C=O) groups excluding carboxylic acids is 6. The number of nitrogens with one attached hydrogen (secondary N) is 5. The first-order valence-corrected chi connectivity index (χ1v) is 21.4. The predicted molar refractivity (Wildman–Crippen MR) is 232 cm³/mol. The minimum atomic E-state index is -4.49. The third kappa shape index (κ3) is 11.4. The van der Waals surface area contributed by atoms with Crippen LogP contribution in [0.15, 0.2) is 77.7 Å². The molecule has 2 saturated heterocycles. The van der Waals surface area contributed by atoms with Crippen molar-refractivity contribution in [2.45, 2.75) is 37.6 Å². The van der Waals surface area contributed by atoms with Crippen LogP contribution in [0.2, 0.25) is 0 Å². The van der Waals surface area contributed by atoms with E-state index in [0.717, 1.165) is 22.0 Å². The number of anilines is 3. The average Bonchev–Trinajstić information content (AvgIpc) is 4.06. The molecule has 362 valence electrons. The maximum absolute atomic E-state index is 14.1. The summed E-state index contributed by atoms with van der Waals surface area (Å²) in [5.41, 5.74) is 0.121. The minimum absolute atomic E-state index is 0.0215. The highest BCUT2D eigenvalue weighted by Crippen LogP contribution is 2.33. The van der Waals surface area contributed by atoms with Gasteiger partial charge in [0.1, 0.15) is 24.7 Å². The highest BCUT2D eigenvalue weighted by Gasteiger charge is 2.45. The monoisotopic (exact) mass is 963 g/mol. The summed E-state index contributed by atoms with van der Waals surface area (Å²) in [4.78, 5) is 87.4. The molecule has 3 aliphatic heterocycles. The number of fused-ring (bicyclic) bond motifs is 1. The lowest BCUT2D eigenvalue weighted by Gasteiger charge is -2.32. The van der Waals surface area contributed by atoms with Crippen LogP contribution in [0, 0.1) is 0 Å². The first-order valence-electron chi connectivity index (χ1n) is 21.4. The fraction of sp³-hybridized carbons (Fsp3) is 0.341. The van der Waals surface area contributed by atoms with Crippen LogP contribution in [-0.4, -0.2) is 142 Å². The number of ether oxygens (including phenoxy) is 2. The van der Waals surface area contributed by atoms with Crippen LogP contribution in [0.5, 0.6) is 0 Å². The van der Waals surface area contributed by atoms with E-state index >= 15 is 0 Å². The fourth-order valence-electron chi connectivity index (χ4n) is 7.72. The van der Waals surface area contributed by atoms with Gasteiger partial charge < -0.3 is 35.2 Å². The summed E-state index contributed by atoms with van der Waals surface area (Å²) in [7, 11) is 0. The Morgan fingerprint density at radius 1 is 0.971 bits per heavy atom. The maximum Gasteiger partial charge on any atom is 0.405 e. The van der Waals surface area contributed by atoms with Crippen LogP contribution in [-0.2, 0) is 19.1 Å².